The minimum absolute atomic E-state index is 0.0588. The van der Waals surface area contributed by atoms with E-state index in [9.17, 15) is 14.1 Å². The van der Waals surface area contributed by atoms with Crippen molar-refractivity contribution in [3.63, 3.8) is 0 Å². The number of ketones is 1. The molecule has 5 nitrogen and oxygen atoms in total. The fourth-order valence-corrected chi connectivity index (χ4v) is 4.25. The topological polar surface area (TPSA) is 85.0 Å². The summed E-state index contributed by atoms with van der Waals surface area (Å²) in [6.45, 7) is 4.17. The summed E-state index contributed by atoms with van der Waals surface area (Å²) < 4.78 is 11.8. The molecule has 26 heavy (non-hydrogen) atoms. The number of anilines is 1. The molecule has 1 aliphatic carbocycles. The number of aromatic amines is 1. The third-order valence-corrected chi connectivity index (χ3v) is 5.84. The molecule has 1 aromatic carbocycles. The van der Waals surface area contributed by atoms with Crippen LogP contribution in [0.4, 0.5) is 5.69 Å². The predicted octanol–water partition coefficient (Wildman–Crippen LogP) is 3.40. The first-order valence-electron chi connectivity index (χ1n) is 8.49. The summed E-state index contributed by atoms with van der Waals surface area (Å²) in [7, 11) is 0. The van der Waals surface area contributed by atoms with Crippen LogP contribution in [-0.4, -0.2) is 27.5 Å². The van der Waals surface area contributed by atoms with Gasteiger partial charge in [0.1, 0.15) is 6.26 Å². The van der Waals surface area contributed by atoms with Crippen LogP contribution in [0.15, 0.2) is 29.2 Å². The van der Waals surface area contributed by atoms with Crippen molar-refractivity contribution < 1.29 is 14.1 Å². The van der Waals surface area contributed by atoms with Crippen LogP contribution in [0.1, 0.15) is 47.6 Å². The number of amides is 1. The van der Waals surface area contributed by atoms with Gasteiger partial charge in [-0.3, -0.25) is 9.59 Å². The van der Waals surface area contributed by atoms with Gasteiger partial charge in [-0.25, -0.2) is 0 Å². The lowest BCUT2D eigenvalue weighted by atomic mass is 9.76. The van der Waals surface area contributed by atoms with E-state index in [1.807, 2.05) is 6.07 Å². The molecule has 2 aliphatic rings. The van der Waals surface area contributed by atoms with Crippen molar-refractivity contribution in [3.8, 4) is 0 Å². The molecular weight excluding hydrogens is 348 g/mol. The van der Waals surface area contributed by atoms with Crippen molar-refractivity contribution in [1.82, 2.24) is 4.98 Å². The van der Waals surface area contributed by atoms with Crippen LogP contribution in [0.5, 0.6) is 0 Å². The van der Waals surface area contributed by atoms with E-state index in [4.69, 9.17) is 0 Å². The van der Waals surface area contributed by atoms with Gasteiger partial charge in [0.25, 0.3) is 5.91 Å². The van der Waals surface area contributed by atoms with E-state index in [2.05, 4.69) is 24.1 Å². The number of carbonyl (C=O) groups is 2. The molecule has 6 heteroatoms. The Morgan fingerprint density at radius 3 is 2.65 bits per heavy atom. The number of Topliss-reactive ketones (excluding diaryl/α,β-unsaturated/α-hetero) is 1. The molecule has 0 fully saturated rings. The summed E-state index contributed by atoms with van der Waals surface area (Å²) in [5, 5.41) is 2.83. The summed E-state index contributed by atoms with van der Waals surface area (Å²) in [6, 6.07) is 7.14. The number of H-pyrrole nitrogens is 1. The first-order valence-corrected chi connectivity index (χ1v) is 10.1. The van der Waals surface area contributed by atoms with Gasteiger partial charge >= 0.3 is 0 Å². The molecule has 134 valence electrons. The van der Waals surface area contributed by atoms with E-state index in [1.165, 1.54) is 0 Å². The first kappa shape index (κ1) is 17.1. The third kappa shape index (κ3) is 2.89. The maximum absolute atomic E-state index is 12.4. The second-order valence-corrected chi connectivity index (χ2v) is 9.11. The van der Waals surface area contributed by atoms with Crippen LogP contribution in [0.2, 0.25) is 0 Å². The van der Waals surface area contributed by atoms with Gasteiger partial charge in [-0.1, -0.05) is 13.8 Å². The highest BCUT2D eigenvalue weighted by atomic mass is 32.2. The number of rotatable bonds is 2. The zero-order chi connectivity index (χ0) is 18.6. The Labute approximate surface area is 155 Å². The molecule has 2 aromatic rings. The van der Waals surface area contributed by atoms with Crippen LogP contribution in [0.3, 0.4) is 0 Å². The van der Waals surface area contributed by atoms with Crippen LogP contribution in [0.25, 0.3) is 11.6 Å². The highest BCUT2D eigenvalue weighted by Gasteiger charge is 2.33. The fourth-order valence-electron chi connectivity index (χ4n) is 3.70. The number of nitrogens with one attached hydrogen (secondary N) is 2. The lowest BCUT2D eigenvalue weighted by molar-refractivity contribution is -0.110. The van der Waals surface area contributed by atoms with Crippen molar-refractivity contribution in [2.75, 3.05) is 11.6 Å². The fraction of sp³-hybridized carbons (Fsp3) is 0.300. The van der Waals surface area contributed by atoms with Crippen LogP contribution >= 0.6 is 0 Å². The van der Waals surface area contributed by atoms with E-state index in [-0.39, 0.29) is 17.1 Å². The predicted molar refractivity (Wildman–Crippen MR) is 103 cm³/mol. The average Bonchev–Trinajstić information content (AvgIpc) is 3.07. The van der Waals surface area contributed by atoms with Gasteiger partial charge in [0.2, 0.25) is 0 Å². The molecule has 4 rings (SSSR count). The van der Waals surface area contributed by atoms with Crippen LogP contribution < -0.4 is 5.32 Å². The Bertz CT molecular complexity index is 969. The van der Waals surface area contributed by atoms with E-state index < -0.39 is 11.2 Å². The lowest BCUT2D eigenvalue weighted by Gasteiger charge is -2.27. The van der Waals surface area contributed by atoms with Gasteiger partial charge in [0, 0.05) is 40.7 Å². The monoisotopic (exact) mass is 368 g/mol. The number of benzene rings is 1. The van der Waals surface area contributed by atoms with Crippen molar-refractivity contribution in [2.24, 2.45) is 5.41 Å². The van der Waals surface area contributed by atoms with Gasteiger partial charge in [-0.2, -0.15) is 0 Å². The largest absolute Gasteiger partial charge is 0.612 e. The maximum atomic E-state index is 12.4. The molecule has 1 aromatic heterocycles. The van der Waals surface area contributed by atoms with Gasteiger partial charge in [0.05, 0.1) is 5.57 Å². The maximum Gasteiger partial charge on any atom is 0.256 e. The van der Waals surface area contributed by atoms with E-state index in [1.54, 1.807) is 30.5 Å². The zero-order valence-electron chi connectivity index (χ0n) is 14.9. The normalized spacial score (nSPS) is 20.7. The number of fused-ring (bicyclic) bond motifs is 2. The summed E-state index contributed by atoms with van der Waals surface area (Å²) in [5.74, 6) is -0.0599. The van der Waals surface area contributed by atoms with E-state index in [0.717, 1.165) is 28.9 Å². The minimum Gasteiger partial charge on any atom is -0.612 e. The molecule has 1 aliphatic heterocycles. The van der Waals surface area contributed by atoms with Crippen LogP contribution in [-0.2, 0) is 22.4 Å². The molecule has 0 bridgehead atoms. The van der Waals surface area contributed by atoms with Crippen molar-refractivity contribution in [3.05, 3.63) is 46.8 Å². The molecule has 1 atom stereocenters. The standard InChI is InChI=1S/C20H20N2O3S/c1-20(2)9-17-15(18(23)10-20)7-11(21-17)6-14-13-8-12(26(3)25)4-5-16(13)22-19(14)24/h4-8,21H,9-10H2,1-3H3,(H,22,24)/b14-6-. The van der Waals surface area contributed by atoms with Gasteiger partial charge in [0.15, 0.2) is 10.7 Å². The molecule has 0 saturated heterocycles. The Hall–Kier alpha value is -2.31. The number of carbonyl (C=O) groups excluding carboxylic acids is 2. The van der Waals surface area contributed by atoms with Crippen LogP contribution in [0, 0.1) is 5.41 Å². The van der Waals surface area contributed by atoms with Crippen molar-refractivity contribution in [1.29, 1.82) is 0 Å². The highest BCUT2D eigenvalue weighted by Crippen LogP contribution is 2.37. The van der Waals surface area contributed by atoms with Gasteiger partial charge in [-0.15, -0.1) is 0 Å². The molecular formula is C20H20N2O3S. The smallest absolute Gasteiger partial charge is 0.256 e. The SMILES string of the molecule is C[S+]([O-])c1ccc2c(c1)/C(=C/c1cc3c([nH]1)CC(C)(C)CC3=O)C(=O)N2. The molecule has 2 N–H and O–H groups in total. The van der Waals surface area contributed by atoms with Gasteiger partial charge < -0.3 is 14.9 Å². The number of hydrogen-bond donors (Lipinski definition) is 2. The second kappa shape index (κ2) is 5.86. The Kier molecular flexibility index (Phi) is 3.86. The van der Waals surface area contributed by atoms with Crippen molar-refractivity contribution >= 4 is 40.2 Å². The summed E-state index contributed by atoms with van der Waals surface area (Å²) in [4.78, 5) is 28.7. The van der Waals surface area contributed by atoms with Crippen molar-refractivity contribution in [2.45, 2.75) is 31.6 Å². The molecule has 2 heterocycles. The highest BCUT2D eigenvalue weighted by molar-refractivity contribution is 7.90. The third-order valence-electron chi connectivity index (χ3n) is 4.92. The average molecular weight is 368 g/mol. The summed E-state index contributed by atoms with van der Waals surface area (Å²) >= 11 is -1.12. The quantitative estimate of drug-likeness (QED) is 0.629. The van der Waals surface area contributed by atoms with E-state index >= 15 is 0 Å². The Morgan fingerprint density at radius 2 is 1.92 bits per heavy atom. The summed E-state index contributed by atoms with van der Waals surface area (Å²) in [5.41, 5.74) is 4.29. The zero-order valence-corrected chi connectivity index (χ0v) is 15.8. The number of aromatic nitrogens is 1. The first-order chi connectivity index (χ1) is 12.2. The molecule has 1 amide bonds. The van der Waals surface area contributed by atoms with Gasteiger partial charge in [-0.05, 0) is 47.3 Å². The summed E-state index contributed by atoms with van der Waals surface area (Å²) in [6.07, 6.45) is 4.71. The number of hydrogen-bond acceptors (Lipinski definition) is 3. The van der Waals surface area contributed by atoms with E-state index in [0.29, 0.717) is 22.6 Å². The Balaban J connectivity index is 1.76. The molecule has 0 spiro atoms. The minimum atomic E-state index is -1.12. The lowest BCUT2D eigenvalue weighted by Crippen LogP contribution is -2.26. The molecule has 0 radical (unpaired) electrons. The molecule has 1 unspecified atom stereocenters. The molecule has 0 saturated carbocycles. The Morgan fingerprint density at radius 1 is 1.15 bits per heavy atom. The second-order valence-electron chi connectivity index (χ2n) is 7.73.